The van der Waals surface area contributed by atoms with E-state index in [4.69, 9.17) is 11.6 Å². The molecule has 1 aromatic carbocycles. The number of hydrogen-bond donors (Lipinski definition) is 1. The molecule has 2 aliphatic heterocycles. The highest BCUT2D eigenvalue weighted by atomic mass is 35.5. The van der Waals surface area contributed by atoms with Gasteiger partial charge in [0.25, 0.3) is 0 Å². The van der Waals surface area contributed by atoms with E-state index in [0.717, 1.165) is 18.2 Å². The molecule has 0 atom stereocenters. The number of piperidine rings is 1. The van der Waals surface area contributed by atoms with Crippen LogP contribution in [0.4, 0.5) is 0 Å². The van der Waals surface area contributed by atoms with Crippen LogP contribution in [-0.4, -0.2) is 48.0 Å². The average molecular weight is 379 g/mol. The Balaban J connectivity index is 1.38. The second kappa shape index (κ2) is 9.65. The summed E-state index contributed by atoms with van der Waals surface area (Å²) in [7, 11) is 0. The van der Waals surface area contributed by atoms with E-state index in [1.807, 2.05) is 24.3 Å². The van der Waals surface area contributed by atoms with Gasteiger partial charge in [-0.2, -0.15) is 11.8 Å². The van der Waals surface area contributed by atoms with Gasteiger partial charge in [0.05, 0.1) is 0 Å². The normalized spacial score (nSPS) is 20.8. The molecule has 2 saturated heterocycles. The van der Waals surface area contributed by atoms with E-state index >= 15 is 0 Å². The Bertz CT molecular complexity index is 593. The van der Waals surface area contributed by atoms with Gasteiger partial charge in [0.15, 0.2) is 0 Å². The summed E-state index contributed by atoms with van der Waals surface area (Å²) in [5.41, 5.74) is 0.873. The molecule has 2 fully saturated rings. The van der Waals surface area contributed by atoms with Gasteiger partial charge in [-0.1, -0.05) is 29.8 Å². The Hall–Kier alpha value is -0.970. The van der Waals surface area contributed by atoms with Gasteiger partial charge in [-0.3, -0.25) is 4.79 Å². The summed E-state index contributed by atoms with van der Waals surface area (Å²) in [4.78, 5) is 14.7. The van der Waals surface area contributed by atoms with Crippen LogP contribution in [0.15, 0.2) is 30.3 Å². The third-order valence-corrected chi connectivity index (χ3v) is 6.63. The van der Waals surface area contributed by atoms with Crippen molar-refractivity contribution in [1.29, 1.82) is 0 Å². The summed E-state index contributed by atoms with van der Waals surface area (Å²) in [5, 5.41) is 3.71. The molecule has 5 heteroatoms. The standard InChI is InChI=1S/C20H27ClN2OS/c21-19-4-2-1-3-17(19)5-6-20(24)22-15-16-7-11-23(12-8-16)18-9-13-25-14-10-18/h1-6,16,18H,7-15H2,(H,22,24). The summed E-state index contributed by atoms with van der Waals surface area (Å²) < 4.78 is 0. The van der Waals surface area contributed by atoms with Crippen LogP contribution >= 0.6 is 23.4 Å². The van der Waals surface area contributed by atoms with Crippen LogP contribution in [0.5, 0.6) is 0 Å². The molecule has 0 bridgehead atoms. The maximum atomic E-state index is 12.0. The largest absolute Gasteiger partial charge is 0.352 e. The first-order valence-electron chi connectivity index (χ1n) is 9.24. The number of amides is 1. The van der Waals surface area contributed by atoms with Crippen molar-refractivity contribution in [3.05, 3.63) is 40.9 Å². The topological polar surface area (TPSA) is 32.3 Å². The number of benzene rings is 1. The highest BCUT2D eigenvalue weighted by molar-refractivity contribution is 7.99. The number of carbonyl (C=O) groups excluding carboxylic acids is 1. The van der Waals surface area contributed by atoms with Crippen LogP contribution in [-0.2, 0) is 4.79 Å². The lowest BCUT2D eigenvalue weighted by molar-refractivity contribution is -0.116. The van der Waals surface area contributed by atoms with E-state index in [1.165, 1.54) is 50.3 Å². The van der Waals surface area contributed by atoms with Crippen LogP contribution in [0.2, 0.25) is 5.02 Å². The monoisotopic (exact) mass is 378 g/mol. The van der Waals surface area contributed by atoms with Crippen molar-refractivity contribution in [3.63, 3.8) is 0 Å². The predicted molar refractivity (Wildman–Crippen MR) is 108 cm³/mol. The third-order valence-electron chi connectivity index (χ3n) is 5.24. The molecule has 0 unspecified atom stereocenters. The molecule has 0 aliphatic carbocycles. The summed E-state index contributed by atoms with van der Waals surface area (Å²) in [6.07, 6.45) is 8.44. The summed E-state index contributed by atoms with van der Waals surface area (Å²) in [6.45, 7) is 3.15. The van der Waals surface area contributed by atoms with Crippen molar-refractivity contribution in [3.8, 4) is 0 Å². The highest BCUT2D eigenvalue weighted by Crippen LogP contribution is 2.26. The average Bonchev–Trinajstić information content (AvgIpc) is 2.67. The summed E-state index contributed by atoms with van der Waals surface area (Å²) in [5.74, 6) is 3.20. The van der Waals surface area contributed by atoms with Gasteiger partial charge in [-0.15, -0.1) is 0 Å². The Morgan fingerprint density at radius 1 is 1.20 bits per heavy atom. The number of carbonyl (C=O) groups is 1. The molecule has 0 spiro atoms. The fraction of sp³-hybridized carbons (Fsp3) is 0.550. The van der Waals surface area contributed by atoms with Crippen molar-refractivity contribution in [2.24, 2.45) is 5.92 Å². The van der Waals surface area contributed by atoms with Crippen molar-refractivity contribution >= 4 is 35.3 Å². The predicted octanol–water partition coefficient (Wildman–Crippen LogP) is 4.08. The minimum absolute atomic E-state index is 0.0355. The van der Waals surface area contributed by atoms with Crippen molar-refractivity contribution in [2.75, 3.05) is 31.1 Å². The van der Waals surface area contributed by atoms with E-state index in [2.05, 4.69) is 22.0 Å². The molecule has 3 rings (SSSR count). The van der Waals surface area contributed by atoms with Gasteiger partial charge >= 0.3 is 0 Å². The molecule has 2 aliphatic rings. The molecule has 136 valence electrons. The van der Waals surface area contributed by atoms with E-state index in [-0.39, 0.29) is 5.91 Å². The van der Waals surface area contributed by atoms with Gasteiger partial charge in [-0.25, -0.2) is 0 Å². The number of halogens is 1. The highest BCUT2D eigenvalue weighted by Gasteiger charge is 2.26. The van der Waals surface area contributed by atoms with E-state index in [0.29, 0.717) is 10.9 Å². The molecule has 1 amide bonds. The summed E-state index contributed by atoms with van der Waals surface area (Å²) in [6, 6.07) is 8.35. The zero-order valence-electron chi connectivity index (χ0n) is 14.6. The van der Waals surface area contributed by atoms with Crippen LogP contribution < -0.4 is 5.32 Å². The van der Waals surface area contributed by atoms with Crippen molar-refractivity contribution < 1.29 is 4.79 Å². The van der Waals surface area contributed by atoms with Gasteiger partial charge in [-0.05, 0) is 73.9 Å². The lowest BCUT2D eigenvalue weighted by Gasteiger charge is -2.39. The maximum Gasteiger partial charge on any atom is 0.244 e. The SMILES string of the molecule is O=C(C=Cc1ccccc1Cl)NCC1CCN(C2CCSCC2)CC1. The van der Waals surface area contributed by atoms with Gasteiger partial charge < -0.3 is 10.2 Å². The first-order valence-corrected chi connectivity index (χ1v) is 10.8. The molecular formula is C20H27ClN2OS. The summed E-state index contributed by atoms with van der Waals surface area (Å²) >= 11 is 8.18. The molecule has 1 aromatic rings. The number of nitrogens with zero attached hydrogens (tertiary/aromatic N) is 1. The first-order chi connectivity index (χ1) is 12.2. The third kappa shape index (κ3) is 5.77. The smallest absolute Gasteiger partial charge is 0.244 e. The Morgan fingerprint density at radius 3 is 2.64 bits per heavy atom. The minimum atomic E-state index is -0.0355. The quantitative estimate of drug-likeness (QED) is 0.783. The number of nitrogens with one attached hydrogen (secondary N) is 1. The van der Waals surface area contributed by atoms with Gasteiger partial charge in [0.1, 0.15) is 0 Å². The number of thioether (sulfide) groups is 1. The second-order valence-electron chi connectivity index (χ2n) is 6.92. The minimum Gasteiger partial charge on any atom is -0.352 e. The second-order valence-corrected chi connectivity index (χ2v) is 8.55. The zero-order chi connectivity index (χ0) is 17.5. The fourth-order valence-electron chi connectivity index (χ4n) is 3.65. The zero-order valence-corrected chi connectivity index (χ0v) is 16.2. The van der Waals surface area contributed by atoms with E-state index < -0.39 is 0 Å². The Kier molecular flexibility index (Phi) is 7.26. The number of hydrogen-bond acceptors (Lipinski definition) is 3. The van der Waals surface area contributed by atoms with Crippen LogP contribution in [0.1, 0.15) is 31.2 Å². The number of rotatable bonds is 5. The van der Waals surface area contributed by atoms with Crippen LogP contribution in [0, 0.1) is 5.92 Å². The molecule has 1 N–H and O–H groups in total. The molecule has 0 radical (unpaired) electrons. The van der Waals surface area contributed by atoms with Gasteiger partial charge in [0, 0.05) is 23.7 Å². The van der Waals surface area contributed by atoms with E-state index in [9.17, 15) is 4.79 Å². The first kappa shape index (κ1) is 18.8. The molecule has 25 heavy (non-hydrogen) atoms. The van der Waals surface area contributed by atoms with Crippen molar-refractivity contribution in [1.82, 2.24) is 10.2 Å². The van der Waals surface area contributed by atoms with Crippen molar-refractivity contribution in [2.45, 2.75) is 31.7 Å². The molecule has 0 saturated carbocycles. The maximum absolute atomic E-state index is 12.0. The van der Waals surface area contributed by atoms with Crippen LogP contribution in [0.25, 0.3) is 6.08 Å². The lowest BCUT2D eigenvalue weighted by Crippen LogP contribution is -2.44. The Morgan fingerprint density at radius 2 is 1.92 bits per heavy atom. The number of likely N-dealkylation sites (tertiary alicyclic amines) is 1. The van der Waals surface area contributed by atoms with E-state index in [1.54, 1.807) is 12.2 Å². The molecule has 3 nitrogen and oxygen atoms in total. The fourth-order valence-corrected chi connectivity index (χ4v) is 4.93. The molecular weight excluding hydrogens is 352 g/mol. The van der Waals surface area contributed by atoms with Gasteiger partial charge in [0.2, 0.25) is 5.91 Å². The molecule has 2 heterocycles. The Labute approximate surface area is 160 Å². The molecule has 0 aromatic heterocycles. The van der Waals surface area contributed by atoms with Crippen LogP contribution in [0.3, 0.4) is 0 Å². The lowest BCUT2D eigenvalue weighted by atomic mass is 9.94.